The number of thiophene rings is 1. The Morgan fingerprint density at radius 3 is 1.28 bits per heavy atom. The quantitative estimate of drug-likeness (QED) is 0.116. The first-order chi connectivity index (χ1) is 42.3. The summed E-state index contributed by atoms with van der Waals surface area (Å²) in [4.78, 5) is 7.80. The van der Waals surface area contributed by atoms with Crippen molar-refractivity contribution in [3.8, 4) is 22.3 Å². The molecule has 0 spiro atoms. The zero-order valence-electron chi connectivity index (χ0n) is 54.7. The first kappa shape index (κ1) is 58.1. The fourth-order valence-electron chi connectivity index (χ4n) is 14.0. The molecule has 2 aliphatic rings. The van der Waals surface area contributed by atoms with Crippen LogP contribution in [0.2, 0.25) is 0 Å². The van der Waals surface area contributed by atoms with Gasteiger partial charge >= 0.3 is 0 Å². The van der Waals surface area contributed by atoms with Crippen LogP contribution in [0.5, 0.6) is 0 Å². The third-order valence-electron chi connectivity index (χ3n) is 19.0. The highest BCUT2D eigenvalue weighted by molar-refractivity contribution is 7.33. The van der Waals surface area contributed by atoms with Crippen molar-refractivity contribution in [3.63, 3.8) is 0 Å². The molecule has 14 rings (SSSR count). The van der Waals surface area contributed by atoms with E-state index in [1.165, 1.54) is 120 Å². The third-order valence-corrected chi connectivity index (χ3v) is 20.2. The molecule has 5 heteroatoms. The number of hydrogen-bond acceptors (Lipinski definition) is 4. The molecular formula is C84H82BN3S. The van der Waals surface area contributed by atoms with Crippen LogP contribution in [-0.4, -0.2) is 6.71 Å². The van der Waals surface area contributed by atoms with Crippen molar-refractivity contribution in [2.45, 2.75) is 131 Å². The van der Waals surface area contributed by atoms with Gasteiger partial charge in [-0.2, -0.15) is 0 Å². The van der Waals surface area contributed by atoms with Crippen molar-refractivity contribution in [2.24, 2.45) is 0 Å². The number of benzene rings is 11. The molecule has 0 aliphatic carbocycles. The Morgan fingerprint density at radius 2 is 0.764 bits per heavy atom. The molecule has 0 atom stereocenters. The predicted molar refractivity (Wildman–Crippen MR) is 390 cm³/mol. The predicted octanol–water partition coefficient (Wildman–Crippen LogP) is 22.6. The van der Waals surface area contributed by atoms with Crippen LogP contribution in [0, 0.1) is 0 Å². The SMILES string of the molecule is CC(C)(C)c1ccc(N(c2ccc(C(C)(C)C)cc2)c2ccc3c(c2)N(c2ccc(C(C)(C)C)cc2)c2cc(C(C)(C)C)cc4c2B3c2sc3ccc(C(C)(C)C)cc3c2N4c2ccc3c(-c4ccccc4)c4ccccc4c(-c4ccccc4)c3c2)cc1. The van der Waals surface area contributed by atoms with Gasteiger partial charge in [-0.15, -0.1) is 11.3 Å². The summed E-state index contributed by atoms with van der Waals surface area (Å²) in [5.41, 5.74) is 24.4. The van der Waals surface area contributed by atoms with Gasteiger partial charge in [0, 0.05) is 60.4 Å². The van der Waals surface area contributed by atoms with Gasteiger partial charge in [-0.05, 0) is 195 Å². The van der Waals surface area contributed by atoms with Crippen LogP contribution in [0.15, 0.2) is 224 Å². The van der Waals surface area contributed by atoms with E-state index in [0.29, 0.717) is 0 Å². The largest absolute Gasteiger partial charge is 0.311 e. The van der Waals surface area contributed by atoms with Crippen LogP contribution in [0.4, 0.5) is 51.2 Å². The van der Waals surface area contributed by atoms with E-state index in [-0.39, 0.29) is 33.8 Å². The molecule has 12 aromatic rings. The van der Waals surface area contributed by atoms with Gasteiger partial charge in [0.1, 0.15) is 0 Å². The minimum atomic E-state index is -0.213. The fraction of sp³-hybridized carbons (Fsp3) is 0.238. The Balaban J connectivity index is 1.09. The highest BCUT2D eigenvalue weighted by Crippen LogP contribution is 2.53. The average molecular weight is 1180 g/mol. The standard InChI is InChI=1S/C84H82BN3S/c1-80(2,3)55-30-37-60(38-31-55)86(61-39-32-56(33-40-61)81(4,5)6)64-44-46-70-71(52-64)87(62-41-34-57(35-42-62)82(7,8)9)72-49-59(84(13,14)15)50-73-77(72)85(70)79-78(69-48-58(83(10,11)12)36-47-74(69)89-79)88(73)63-43-45-67-68(51-63)76(54-26-20-17-21-27-54)66-29-23-22-28-65(66)75(67)53-24-18-16-19-25-53/h16-52H,1-15H3. The van der Waals surface area contributed by atoms with Crippen LogP contribution in [0.3, 0.4) is 0 Å². The Labute approximate surface area is 533 Å². The minimum absolute atomic E-state index is 0.0141. The maximum Gasteiger partial charge on any atom is 0.264 e. The van der Waals surface area contributed by atoms with Crippen LogP contribution in [-0.2, 0) is 27.1 Å². The second-order valence-electron chi connectivity index (χ2n) is 30.3. The second-order valence-corrected chi connectivity index (χ2v) is 31.4. The molecule has 0 unspecified atom stereocenters. The van der Waals surface area contributed by atoms with Crippen molar-refractivity contribution in [1.82, 2.24) is 0 Å². The van der Waals surface area contributed by atoms with Crippen LogP contribution in [0.1, 0.15) is 132 Å². The highest BCUT2D eigenvalue weighted by Gasteiger charge is 2.46. The first-order valence-electron chi connectivity index (χ1n) is 32.0. The lowest BCUT2D eigenvalue weighted by Crippen LogP contribution is -2.60. The summed E-state index contributed by atoms with van der Waals surface area (Å²) in [5.74, 6) is 0. The Morgan fingerprint density at radius 1 is 0.326 bits per heavy atom. The Hall–Kier alpha value is -8.64. The van der Waals surface area contributed by atoms with Gasteiger partial charge in [0.2, 0.25) is 0 Å². The lowest BCUT2D eigenvalue weighted by atomic mass is 9.36. The van der Waals surface area contributed by atoms with E-state index in [1.807, 2.05) is 11.3 Å². The number of fused-ring (bicyclic) bond motifs is 8. The molecule has 0 saturated carbocycles. The Bertz CT molecular complexity index is 4660. The zero-order chi connectivity index (χ0) is 62.3. The van der Waals surface area contributed by atoms with Crippen LogP contribution in [0.25, 0.3) is 53.9 Å². The Kier molecular flexibility index (Phi) is 13.7. The van der Waals surface area contributed by atoms with E-state index in [0.717, 1.165) is 28.4 Å². The summed E-state index contributed by atoms with van der Waals surface area (Å²) in [5, 5.41) is 6.26. The van der Waals surface area contributed by atoms with Gasteiger partial charge in [0.25, 0.3) is 6.71 Å². The lowest BCUT2D eigenvalue weighted by Gasteiger charge is -2.44. The minimum Gasteiger partial charge on any atom is -0.311 e. The zero-order valence-corrected chi connectivity index (χ0v) is 55.5. The summed E-state index contributed by atoms with van der Waals surface area (Å²) in [6.07, 6.45) is 0. The van der Waals surface area contributed by atoms with Crippen molar-refractivity contribution in [1.29, 1.82) is 0 Å². The summed E-state index contributed by atoms with van der Waals surface area (Å²) in [6, 6.07) is 86.5. The molecule has 89 heavy (non-hydrogen) atoms. The molecule has 11 aromatic carbocycles. The highest BCUT2D eigenvalue weighted by atomic mass is 32.1. The van der Waals surface area contributed by atoms with Crippen molar-refractivity contribution >= 4 is 117 Å². The molecule has 0 N–H and O–H groups in total. The maximum absolute atomic E-state index is 2.70. The van der Waals surface area contributed by atoms with Gasteiger partial charge < -0.3 is 14.7 Å². The first-order valence-corrected chi connectivity index (χ1v) is 32.8. The van der Waals surface area contributed by atoms with Gasteiger partial charge in [0.15, 0.2) is 0 Å². The van der Waals surface area contributed by atoms with E-state index in [1.54, 1.807) is 0 Å². The maximum atomic E-state index is 2.70. The smallest absolute Gasteiger partial charge is 0.264 e. The molecule has 0 bridgehead atoms. The molecule has 0 fully saturated rings. The molecule has 442 valence electrons. The van der Waals surface area contributed by atoms with Crippen LogP contribution < -0.4 is 30.4 Å². The molecule has 3 heterocycles. The molecule has 0 amide bonds. The molecule has 0 radical (unpaired) electrons. The van der Waals surface area contributed by atoms with E-state index >= 15 is 0 Å². The van der Waals surface area contributed by atoms with Gasteiger partial charge in [-0.3, -0.25) is 0 Å². The summed E-state index contributed by atoms with van der Waals surface area (Å²) in [7, 11) is 0. The van der Waals surface area contributed by atoms with Crippen LogP contribution >= 0.6 is 11.3 Å². The topological polar surface area (TPSA) is 9.72 Å². The van der Waals surface area contributed by atoms with Crippen molar-refractivity contribution in [3.05, 3.63) is 252 Å². The van der Waals surface area contributed by atoms with E-state index < -0.39 is 0 Å². The fourth-order valence-corrected chi connectivity index (χ4v) is 15.3. The summed E-state index contributed by atoms with van der Waals surface area (Å²) >= 11 is 1.98. The number of hydrogen-bond donors (Lipinski definition) is 0. The van der Waals surface area contributed by atoms with E-state index in [4.69, 9.17) is 0 Å². The normalized spacial score (nSPS) is 13.5. The van der Waals surface area contributed by atoms with Crippen molar-refractivity contribution in [2.75, 3.05) is 14.7 Å². The lowest BCUT2D eigenvalue weighted by molar-refractivity contribution is 0.590. The molecular weight excluding hydrogens is 1090 g/mol. The third kappa shape index (κ3) is 10.1. The average Bonchev–Trinajstić information content (AvgIpc) is 1.68. The molecule has 3 nitrogen and oxygen atoms in total. The van der Waals surface area contributed by atoms with E-state index in [2.05, 4.69) is 343 Å². The van der Waals surface area contributed by atoms with Gasteiger partial charge in [-0.1, -0.05) is 243 Å². The number of rotatable bonds is 7. The second kappa shape index (κ2) is 21.0. The van der Waals surface area contributed by atoms with Crippen molar-refractivity contribution < 1.29 is 0 Å². The number of anilines is 9. The van der Waals surface area contributed by atoms with Gasteiger partial charge in [0.05, 0.1) is 5.69 Å². The number of nitrogens with zero attached hydrogens (tertiary/aromatic N) is 3. The summed E-state index contributed by atoms with van der Waals surface area (Å²) < 4.78 is 2.66. The van der Waals surface area contributed by atoms with E-state index in [9.17, 15) is 0 Å². The molecule has 0 saturated heterocycles. The van der Waals surface area contributed by atoms with Gasteiger partial charge in [-0.25, -0.2) is 0 Å². The molecule has 1 aromatic heterocycles. The monoisotopic (exact) mass is 1180 g/mol. The summed E-state index contributed by atoms with van der Waals surface area (Å²) in [6.45, 7) is 34.9. The molecule has 2 aliphatic heterocycles.